The number of anilines is 1. The number of nitrogens with two attached hydrogens (primary N) is 1. The average Bonchev–Trinajstić information content (AvgIpc) is 3.40. The topological polar surface area (TPSA) is 118 Å². The van der Waals surface area contributed by atoms with E-state index in [4.69, 9.17) is 36.5 Å². The molecule has 0 bridgehead atoms. The maximum Gasteiger partial charge on any atom is 0.354 e. The van der Waals surface area contributed by atoms with Gasteiger partial charge in [0.2, 0.25) is 0 Å². The molecule has 2 amide bonds. The van der Waals surface area contributed by atoms with E-state index in [1.807, 2.05) is 0 Å². The number of urea groups is 1. The summed E-state index contributed by atoms with van der Waals surface area (Å²) < 4.78 is 16.6. The summed E-state index contributed by atoms with van der Waals surface area (Å²) in [5, 5.41) is 16.5. The summed E-state index contributed by atoms with van der Waals surface area (Å²) in [4.78, 5) is 16.5. The first-order valence-corrected chi connectivity index (χ1v) is 12.2. The number of carbonyl (C=O) groups excluding carboxylic acids is 1. The number of rotatable bonds is 4. The SMILES string of the molecule is [B]C([B])([B])C([B])(O)c1ncc(S(N)(=O)=NC(=O)Nc2c3c(cc4c2CCC4)CCC3)s1. The number of aryl methyl sites for hydroxylation is 2. The molecule has 4 rings (SSSR count). The van der Waals surface area contributed by atoms with Gasteiger partial charge in [-0.1, -0.05) is 6.07 Å². The van der Waals surface area contributed by atoms with Crippen molar-refractivity contribution in [3.05, 3.63) is 39.5 Å². The molecule has 0 saturated heterocycles. The fourth-order valence-electron chi connectivity index (χ4n) is 4.02. The first kappa shape index (κ1) is 22.6. The molecule has 2 aromatic rings. The highest BCUT2D eigenvalue weighted by Crippen LogP contribution is 2.39. The van der Waals surface area contributed by atoms with Crippen molar-refractivity contribution >= 4 is 64.4 Å². The lowest BCUT2D eigenvalue weighted by Gasteiger charge is -2.37. The van der Waals surface area contributed by atoms with Crippen molar-refractivity contribution in [2.24, 2.45) is 9.50 Å². The maximum atomic E-state index is 13.0. The molecule has 1 heterocycles. The van der Waals surface area contributed by atoms with E-state index in [0.717, 1.165) is 61.5 Å². The molecule has 1 aromatic carbocycles. The molecule has 152 valence electrons. The van der Waals surface area contributed by atoms with Crippen LogP contribution in [-0.2, 0) is 41.1 Å². The van der Waals surface area contributed by atoms with Crippen molar-refractivity contribution in [2.45, 2.75) is 53.3 Å². The quantitative estimate of drug-likeness (QED) is 0.607. The molecule has 0 spiro atoms. The second kappa shape index (κ2) is 7.79. The van der Waals surface area contributed by atoms with Crippen molar-refractivity contribution in [3.63, 3.8) is 0 Å². The van der Waals surface area contributed by atoms with Crippen molar-refractivity contribution in [2.75, 3.05) is 5.32 Å². The van der Waals surface area contributed by atoms with Gasteiger partial charge in [-0.2, -0.15) is 0 Å². The second-order valence-corrected chi connectivity index (χ2v) is 11.1. The summed E-state index contributed by atoms with van der Waals surface area (Å²) in [6.45, 7) is 0. The number of benzene rings is 1. The zero-order valence-electron chi connectivity index (χ0n) is 16.8. The Morgan fingerprint density at radius 3 is 2.29 bits per heavy atom. The van der Waals surface area contributed by atoms with Crippen LogP contribution in [0.1, 0.15) is 40.1 Å². The van der Waals surface area contributed by atoms with E-state index in [0.29, 0.717) is 11.3 Å². The van der Waals surface area contributed by atoms with Gasteiger partial charge in [0.05, 0.1) is 35.2 Å². The third kappa shape index (κ3) is 4.13. The number of aromatic nitrogens is 1. The Kier molecular flexibility index (Phi) is 5.69. The zero-order chi connectivity index (χ0) is 22.6. The van der Waals surface area contributed by atoms with Gasteiger partial charge in [0.15, 0.2) is 9.92 Å². The van der Waals surface area contributed by atoms with Crippen molar-refractivity contribution in [1.82, 2.24) is 4.98 Å². The van der Waals surface area contributed by atoms with E-state index in [1.165, 1.54) is 11.1 Å². The molecule has 31 heavy (non-hydrogen) atoms. The van der Waals surface area contributed by atoms with Crippen LogP contribution in [0.15, 0.2) is 20.8 Å². The van der Waals surface area contributed by atoms with Crippen LogP contribution in [-0.4, -0.2) is 51.7 Å². The number of thiazole rings is 1. The fraction of sp³-hybridized carbons (Fsp3) is 0.444. The van der Waals surface area contributed by atoms with Crippen molar-refractivity contribution < 1.29 is 14.1 Å². The summed E-state index contributed by atoms with van der Waals surface area (Å²) in [7, 11) is 18.4. The summed E-state index contributed by atoms with van der Waals surface area (Å²) in [6, 6.07) is 1.42. The average molecular weight is 446 g/mol. The van der Waals surface area contributed by atoms with Crippen LogP contribution in [0.2, 0.25) is 5.11 Å². The molecule has 13 heteroatoms. The highest BCUT2D eigenvalue weighted by molar-refractivity contribution is 7.93. The van der Waals surface area contributed by atoms with Crippen LogP contribution in [0.4, 0.5) is 10.5 Å². The third-order valence-corrected chi connectivity index (χ3v) is 8.68. The van der Waals surface area contributed by atoms with Crippen LogP contribution in [0.25, 0.3) is 0 Å². The van der Waals surface area contributed by atoms with E-state index in [9.17, 15) is 14.1 Å². The molecular weight excluding hydrogens is 428 g/mol. The summed E-state index contributed by atoms with van der Waals surface area (Å²) >= 11 is 0.662. The Balaban J connectivity index is 1.63. The first-order valence-electron chi connectivity index (χ1n) is 9.77. The van der Waals surface area contributed by atoms with Gasteiger partial charge < -0.3 is 10.4 Å². The number of fused-ring (bicyclic) bond motifs is 2. The van der Waals surface area contributed by atoms with Crippen LogP contribution in [0.5, 0.6) is 0 Å². The third-order valence-electron chi connectivity index (χ3n) is 5.68. The maximum absolute atomic E-state index is 13.0. The van der Waals surface area contributed by atoms with E-state index in [2.05, 4.69) is 20.7 Å². The van der Waals surface area contributed by atoms with Gasteiger partial charge in [-0.05, 0) is 60.8 Å². The minimum absolute atomic E-state index is 0.0747. The molecule has 2 unspecified atom stereocenters. The zero-order valence-corrected chi connectivity index (χ0v) is 18.4. The molecule has 4 N–H and O–H groups in total. The minimum atomic E-state index is -3.66. The van der Waals surface area contributed by atoms with Crippen LogP contribution >= 0.6 is 11.3 Å². The van der Waals surface area contributed by atoms with Crippen molar-refractivity contribution in [3.8, 4) is 0 Å². The fourth-order valence-corrected chi connectivity index (χ4v) is 6.17. The molecule has 0 fully saturated rings. The predicted octanol–water partition coefficient (Wildman–Crippen LogP) is 0.946. The standard InChI is InChI=1S/C18H18B4N4O3S2/c19-17(28,18(20,21)22)15-24-8-13(30-15)31(23,29)26-16(27)25-14-11-5-1-3-9(11)7-10-4-2-6-12(10)14/h7-8,28H,1-6H2,(H3,23,25,26,27,29). The number of nitrogens with one attached hydrogen (secondary N) is 1. The van der Waals surface area contributed by atoms with E-state index < -0.39 is 26.6 Å². The molecule has 2 atom stereocenters. The summed E-state index contributed by atoms with van der Waals surface area (Å²) in [5.41, 5.74) is 3.09. The van der Waals surface area contributed by atoms with E-state index in [-0.39, 0.29) is 9.22 Å². The number of amides is 2. The Morgan fingerprint density at radius 2 is 1.74 bits per heavy atom. The Bertz CT molecular complexity index is 1150. The second-order valence-electron chi connectivity index (χ2n) is 8.01. The normalized spacial score (nSPS) is 19.2. The van der Waals surface area contributed by atoms with Crippen LogP contribution in [0, 0.1) is 0 Å². The highest BCUT2D eigenvalue weighted by atomic mass is 32.2. The number of nitrogens with zero attached hydrogens (tertiary/aromatic N) is 2. The molecule has 7 nitrogen and oxygen atoms in total. The highest BCUT2D eigenvalue weighted by Gasteiger charge is 2.38. The van der Waals surface area contributed by atoms with E-state index >= 15 is 0 Å². The lowest BCUT2D eigenvalue weighted by Crippen LogP contribution is -2.42. The van der Waals surface area contributed by atoms with Gasteiger partial charge >= 0.3 is 6.03 Å². The number of carbonyl (C=O) groups is 1. The first-order chi connectivity index (χ1) is 14.4. The lowest BCUT2D eigenvalue weighted by molar-refractivity contribution is 0.128. The lowest BCUT2D eigenvalue weighted by atomic mass is 9.32. The molecule has 2 aliphatic rings. The predicted molar refractivity (Wildman–Crippen MR) is 124 cm³/mol. The Labute approximate surface area is 190 Å². The van der Waals surface area contributed by atoms with Crippen LogP contribution < -0.4 is 10.5 Å². The molecule has 0 saturated carbocycles. The molecule has 8 radical (unpaired) electrons. The molecule has 0 aliphatic heterocycles. The number of aliphatic hydroxyl groups is 1. The summed E-state index contributed by atoms with van der Waals surface area (Å²) in [5.74, 6) is 0. The molecule has 2 aliphatic carbocycles. The van der Waals surface area contributed by atoms with Gasteiger partial charge in [0, 0.05) is 5.69 Å². The number of hydrogen-bond donors (Lipinski definition) is 3. The van der Waals surface area contributed by atoms with Crippen LogP contribution in [0.3, 0.4) is 0 Å². The minimum Gasteiger partial charge on any atom is -0.394 e. The molecular formula is C18H18B4N4O3S2. The smallest absolute Gasteiger partial charge is 0.354 e. The van der Waals surface area contributed by atoms with Gasteiger partial charge in [0.25, 0.3) is 0 Å². The van der Waals surface area contributed by atoms with E-state index in [1.54, 1.807) is 0 Å². The number of hydrogen-bond acceptors (Lipinski definition) is 5. The van der Waals surface area contributed by atoms with Gasteiger partial charge in [0.1, 0.15) is 17.1 Å². The van der Waals surface area contributed by atoms with Gasteiger partial charge in [-0.25, -0.2) is 19.1 Å². The monoisotopic (exact) mass is 446 g/mol. The van der Waals surface area contributed by atoms with Gasteiger partial charge in [-0.3, -0.25) is 0 Å². The van der Waals surface area contributed by atoms with Crippen molar-refractivity contribution in [1.29, 1.82) is 0 Å². The largest absolute Gasteiger partial charge is 0.394 e. The van der Waals surface area contributed by atoms with Gasteiger partial charge in [-0.15, -0.1) is 20.8 Å². The molecule has 1 aromatic heterocycles. The Morgan fingerprint density at radius 1 is 1.16 bits per heavy atom. The Hall–Kier alpha value is -1.55. The summed E-state index contributed by atoms with van der Waals surface area (Å²) in [6.07, 6.45) is 6.87.